The van der Waals surface area contributed by atoms with Crippen LogP contribution in [0.3, 0.4) is 0 Å². The minimum absolute atomic E-state index is 0.00961. The van der Waals surface area contributed by atoms with Crippen molar-refractivity contribution in [2.45, 2.75) is 24.3 Å². The van der Waals surface area contributed by atoms with Gasteiger partial charge in [0.05, 0.1) is 23.1 Å². The van der Waals surface area contributed by atoms with Gasteiger partial charge in [0.15, 0.2) is 9.84 Å². The van der Waals surface area contributed by atoms with E-state index in [1.807, 2.05) is 12.1 Å². The Hall–Kier alpha value is -2.85. The molecule has 0 aliphatic carbocycles. The smallest absolute Gasteiger partial charge is 0.222 e. The maximum atomic E-state index is 12.2. The number of carbonyl (C=O) groups excluding carboxylic acids is 1. The van der Waals surface area contributed by atoms with Gasteiger partial charge < -0.3 is 9.64 Å². The highest BCUT2D eigenvalue weighted by atomic mass is 32.2. The Kier molecular flexibility index (Phi) is 6.97. The van der Waals surface area contributed by atoms with Gasteiger partial charge in [-0.25, -0.2) is 8.42 Å². The van der Waals surface area contributed by atoms with Crippen molar-refractivity contribution in [3.8, 4) is 11.8 Å². The summed E-state index contributed by atoms with van der Waals surface area (Å²) in [5.74, 6) is 0.580. The van der Waals surface area contributed by atoms with E-state index < -0.39 is 9.84 Å². The Morgan fingerprint density at radius 1 is 1.11 bits per heavy atom. The summed E-state index contributed by atoms with van der Waals surface area (Å²) in [6, 6.07) is 15.4. The average Bonchev–Trinajstić information content (AvgIpc) is 2.65. The molecule has 1 amide bonds. The number of carbonyl (C=O) groups is 1. The van der Waals surface area contributed by atoms with Crippen LogP contribution in [0.2, 0.25) is 0 Å². The van der Waals surface area contributed by atoms with Crippen LogP contribution in [0, 0.1) is 11.3 Å². The van der Waals surface area contributed by atoms with Crippen molar-refractivity contribution in [3.63, 3.8) is 0 Å². The third-order valence-electron chi connectivity index (χ3n) is 3.98. The van der Waals surface area contributed by atoms with Gasteiger partial charge in [0.25, 0.3) is 0 Å². The van der Waals surface area contributed by atoms with Crippen molar-refractivity contribution < 1.29 is 17.9 Å². The first-order valence-electron chi connectivity index (χ1n) is 8.45. The predicted octanol–water partition coefficient (Wildman–Crippen LogP) is 2.78. The molecule has 0 saturated heterocycles. The second kappa shape index (κ2) is 9.19. The summed E-state index contributed by atoms with van der Waals surface area (Å²) in [5, 5.41) is 8.80. The number of hydrogen-bond acceptors (Lipinski definition) is 5. The Morgan fingerprint density at radius 2 is 1.74 bits per heavy atom. The van der Waals surface area contributed by atoms with Crippen LogP contribution in [0.4, 0.5) is 0 Å². The van der Waals surface area contributed by atoms with Gasteiger partial charge in [-0.1, -0.05) is 12.1 Å². The second-order valence-corrected chi connectivity index (χ2v) is 8.27. The third-order valence-corrected chi connectivity index (χ3v) is 5.11. The van der Waals surface area contributed by atoms with Gasteiger partial charge in [-0.15, -0.1) is 0 Å². The van der Waals surface area contributed by atoms with Crippen molar-refractivity contribution in [1.29, 1.82) is 5.26 Å². The number of sulfone groups is 1. The van der Waals surface area contributed by atoms with Crippen LogP contribution >= 0.6 is 0 Å². The maximum Gasteiger partial charge on any atom is 0.222 e. The molecule has 0 heterocycles. The lowest BCUT2D eigenvalue weighted by molar-refractivity contribution is -0.130. The summed E-state index contributed by atoms with van der Waals surface area (Å²) < 4.78 is 28.4. The lowest BCUT2D eigenvalue weighted by Gasteiger charge is -2.17. The van der Waals surface area contributed by atoms with Gasteiger partial charge in [-0.2, -0.15) is 5.26 Å². The molecule has 2 aromatic rings. The largest absolute Gasteiger partial charge is 0.494 e. The fraction of sp³-hybridized carbons (Fsp3) is 0.300. The molecule has 0 saturated carbocycles. The minimum atomic E-state index is -3.22. The minimum Gasteiger partial charge on any atom is -0.494 e. The van der Waals surface area contributed by atoms with Crippen molar-refractivity contribution in [1.82, 2.24) is 4.90 Å². The molecule has 0 N–H and O–H groups in total. The molecule has 0 atom stereocenters. The molecule has 0 bridgehead atoms. The Bertz CT molecular complexity index is 914. The van der Waals surface area contributed by atoms with Gasteiger partial charge >= 0.3 is 0 Å². The molecule has 0 unspecified atom stereocenters. The zero-order chi connectivity index (χ0) is 19.9. The molecule has 0 radical (unpaired) electrons. The standard InChI is InChI=1S/C20H22N2O4S/c1-22(15-17-7-5-16(14-21)6-8-17)20(23)4-3-13-26-18-9-11-19(12-10-18)27(2,24)25/h5-12H,3-4,13,15H2,1-2H3. The number of rotatable bonds is 8. The molecule has 0 fully saturated rings. The lowest BCUT2D eigenvalue weighted by Crippen LogP contribution is -2.26. The molecule has 6 nitrogen and oxygen atoms in total. The molecule has 0 spiro atoms. The van der Waals surface area contributed by atoms with E-state index >= 15 is 0 Å². The summed E-state index contributed by atoms with van der Waals surface area (Å²) in [6.07, 6.45) is 2.07. The van der Waals surface area contributed by atoms with Crippen molar-refractivity contribution in [2.24, 2.45) is 0 Å². The van der Waals surface area contributed by atoms with Crippen LogP contribution in [0.1, 0.15) is 24.0 Å². The van der Waals surface area contributed by atoms with Gasteiger partial charge in [0.2, 0.25) is 5.91 Å². The van der Waals surface area contributed by atoms with Crippen molar-refractivity contribution >= 4 is 15.7 Å². The molecule has 0 aliphatic heterocycles. The molecule has 7 heteroatoms. The summed E-state index contributed by atoms with van der Waals surface area (Å²) in [7, 11) is -1.48. The highest BCUT2D eigenvalue weighted by Crippen LogP contribution is 2.16. The third kappa shape index (κ3) is 6.42. The molecule has 0 aliphatic rings. The van der Waals surface area contributed by atoms with E-state index in [0.717, 1.165) is 11.8 Å². The molecule has 0 aromatic heterocycles. The van der Waals surface area contributed by atoms with E-state index in [2.05, 4.69) is 6.07 Å². The highest BCUT2D eigenvalue weighted by Gasteiger charge is 2.10. The average molecular weight is 386 g/mol. The normalized spacial score (nSPS) is 10.9. The first-order chi connectivity index (χ1) is 12.8. The monoisotopic (exact) mass is 386 g/mol. The first-order valence-corrected chi connectivity index (χ1v) is 10.3. The van der Waals surface area contributed by atoms with E-state index in [1.165, 1.54) is 12.1 Å². The number of ether oxygens (including phenoxy) is 1. The molecular weight excluding hydrogens is 364 g/mol. The summed E-state index contributed by atoms with van der Waals surface area (Å²) in [4.78, 5) is 14.1. The number of amides is 1. The SMILES string of the molecule is CN(Cc1ccc(C#N)cc1)C(=O)CCCOc1ccc(S(C)(=O)=O)cc1. The zero-order valence-corrected chi connectivity index (χ0v) is 16.2. The molecule has 142 valence electrons. The van der Waals surface area contributed by atoms with Gasteiger partial charge in [-0.3, -0.25) is 4.79 Å². The van der Waals surface area contributed by atoms with Crippen molar-refractivity contribution in [3.05, 3.63) is 59.7 Å². The molecule has 2 rings (SSSR count). The molecule has 2 aromatic carbocycles. The van der Waals surface area contributed by atoms with Crippen LogP contribution in [-0.2, 0) is 21.2 Å². The van der Waals surface area contributed by atoms with E-state index in [0.29, 0.717) is 37.3 Å². The Morgan fingerprint density at radius 3 is 2.30 bits per heavy atom. The highest BCUT2D eigenvalue weighted by molar-refractivity contribution is 7.90. The number of benzene rings is 2. The second-order valence-electron chi connectivity index (χ2n) is 6.25. The molecular formula is C20H22N2O4S. The number of nitrogens with zero attached hydrogens (tertiary/aromatic N) is 2. The van der Waals surface area contributed by atoms with Crippen LogP contribution in [0.25, 0.3) is 0 Å². The van der Waals surface area contributed by atoms with Crippen LogP contribution in [-0.4, -0.2) is 39.1 Å². The van der Waals surface area contributed by atoms with E-state index in [9.17, 15) is 13.2 Å². The Balaban J connectivity index is 1.74. The van der Waals surface area contributed by atoms with E-state index in [1.54, 1.807) is 36.2 Å². The fourth-order valence-electron chi connectivity index (χ4n) is 2.43. The summed E-state index contributed by atoms with van der Waals surface area (Å²) >= 11 is 0. The zero-order valence-electron chi connectivity index (χ0n) is 15.4. The molecule has 27 heavy (non-hydrogen) atoms. The van der Waals surface area contributed by atoms with E-state index in [-0.39, 0.29) is 10.8 Å². The first kappa shape index (κ1) is 20.5. The van der Waals surface area contributed by atoms with Crippen LogP contribution in [0.5, 0.6) is 5.75 Å². The van der Waals surface area contributed by atoms with Crippen LogP contribution < -0.4 is 4.74 Å². The van der Waals surface area contributed by atoms with Gasteiger partial charge in [0.1, 0.15) is 5.75 Å². The van der Waals surface area contributed by atoms with Gasteiger partial charge in [-0.05, 0) is 48.4 Å². The predicted molar refractivity (Wildman–Crippen MR) is 102 cm³/mol. The quantitative estimate of drug-likeness (QED) is 0.651. The maximum absolute atomic E-state index is 12.2. The van der Waals surface area contributed by atoms with Gasteiger partial charge in [0, 0.05) is 26.3 Å². The summed E-state index contributed by atoms with van der Waals surface area (Å²) in [6.45, 7) is 0.854. The van der Waals surface area contributed by atoms with E-state index in [4.69, 9.17) is 10.00 Å². The number of hydrogen-bond donors (Lipinski definition) is 0. The fourth-order valence-corrected chi connectivity index (χ4v) is 3.06. The van der Waals surface area contributed by atoms with Crippen LogP contribution in [0.15, 0.2) is 53.4 Å². The summed E-state index contributed by atoms with van der Waals surface area (Å²) in [5.41, 5.74) is 1.56. The Labute approximate surface area is 159 Å². The topological polar surface area (TPSA) is 87.5 Å². The lowest BCUT2D eigenvalue weighted by atomic mass is 10.1. The number of nitriles is 1. The van der Waals surface area contributed by atoms with Crippen molar-refractivity contribution in [2.75, 3.05) is 19.9 Å².